The second-order valence-electron chi connectivity index (χ2n) is 4.92. The Kier molecular flexibility index (Phi) is 4.37. The van der Waals surface area contributed by atoms with E-state index in [0.717, 1.165) is 12.5 Å². The third-order valence-electron chi connectivity index (χ3n) is 3.74. The smallest absolute Gasteiger partial charge is 0.212 e. The molecule has 0 spiro atoms. The molecule has 1 fully saturated rings. The number of aromatic nitrogens is 1. The zero-order valence-corrected chi connectivity index (χ0v) is 10.8. The van der Waals surface area contributed by atoms with Crippen LogP contribution >= 0.6 is 0 Å². The predicted octanol–water partition coefficient (Wildman–Crippen LogP) is 2.76. The van der Waals surface area contributed by atoms with E-state index in [1.54, 1.807) is 7.11 Å². The summed E-state index contributed by atoms with van der Waals surface area (Å²) in [6.45, 7) is 3.20. The molecule has 0 aliphatic heterocycles. The highest BCUT2D eigenvalue weighted by molar-refractivity contribution is 5.17. The summed E-state index contributed by atoms with van der Waals surface area (Å²) < 4.78 is 5.04. The van der Waals surface area contributed by atoms with E-state index in [1.807, 2.05) is 12.3 Å². The molecule has 3 nitrogen and oxygen atoms in total. The average molecular weight is 234 g/mol. The van der Waals surface area contributed by atoms with Crippen molar-refractivity contribution < 1.29 is 4.74 Å². The highest BCUT2D eigenvalue weighted by atomic mass is 16.5. The first-order chi connectivity index (χ1) is 8.29. The monoisotopic (exact) mass is 234 g/mol. The Balaban J connectivity index is 1.80. The van der Waals surface area contributed by atoms with Crippen LogP contribution in [0, 0.1) is 5.92 Å². The quantitative estimate of drug-likeness (QED) is 0.850. The summed E-state index contributed by atoms with van der Waals surface area (Å²) in [5, 5.41) is 3.60. The topological polar surface area (TPSA) is 34.1 Å². The number of rotatable bonds is 5. The highest BCUT2D eigenvalue weighted by Gasteiger charge is 2.20. The summed E-state index contributed by atoms with van der Waals surface area (Å²) in [5.74, 6) is 1.54. The van der Waals surface area contributed by atoms with Crippen LogP contribution in [0.25, 0.3) is 0 Å². The second kappa shape index (κ2) is 6.01. The first-order valence-corrected chi connectivity index (χ1v) is 6.52. The van der Waals surface area contributed by atoms with Crippen LogP contribution in [0.4, 0.5) is 0 Å². The van der Waals surface area contributed by atoms with Gasteiger partial charge in [-0.1, -0.05) is 18.9 Å². The van der Waals surface area contributed by atoms with E-state index in [0.29, 0.717) is 11.9 Å². The zero-order chi connectivity index (χ0) is 12.1. The van der Waals surface area contributed by atoms with Crippen LogP contribution in [0.2, 0.25) is 0 Å². The minimum atomic E-state index is 0.611. The Morgan fingerprint density at radius 1 is 1.41 bits per heavy atom. The molecular formula is C14H22N2O. The van der Waals surface area contributed by atoms with Gasteiger partial charge in [0.25, 0.3) is 0 Å². The highest BCUT2D eigenvalue weighted by Crippen LogP contribution is 2.27. The molecule has 0 bridgehead atoms. The van der Waals surface area contributed by atoms with Gasteiger partial charge in [0.15, 0.2) is 0 Å². The second-order valence-corrected chi connectivity index (χ2v) is 4.92. The van der Waals surface area contributed by atoms with Gasteiger partial charge in [-0.05, 0) is 31.2 Å². The van der Waals surface area contributed by atoms with Gasteiger partial charge in [-0.15, -0.1) is 0 Å². The number of ether oxygens (including phenoxy) is 1. The van der Waals surface area contributed by atoms with Gasteiger partial charge in [-0.2, -0.15) is 0 Å². The van der Waals surface area contributed by atoms with Crippen LogP contribution in [-0.2, 0) is 6.54 Å². The van der Waals surface area contributed by atoms with Crippen molar-refractivity contribution in [2.45, 2.75) is 45.2 Å². The molecule has 1 heterocycles. The summed E-state index contributed by atoms with van der Waals surface area (Å²) in [6.07, 6.45) is 7.46. The Morgan fingerprint density at radius 3 is 2.76 bits per heavy atom. The Morgan fingerprint density at radius 2 is 2.18 bits per heavy atom. The molecule has 0 aromatic carbocycles. The number of nitrogens with zero attached hydrogens (tertiary/aromatic N) is 1. The predicted molar refractivity (Wildman–Crippen MR) is 69.0 cm³/mol. The van der Waals surface area contributed by atoms with Crippen LogP contribution in [0.15, 0.2) is 18.3 Å². The third kappa shape index (κ3) is 3.43. The van der Waals surface area contributed by atoms with Crippen molar-refractivity contribution in [3.05, 3.63) is 23.9 Å². The summed E-state index contributed by atoms with van der Waals surface area (Å²) in [4.78, 5) is 4.21. The van der Waals surface area contributed by atoms with Crippen molar-refractivity contribution in [3.63, 3.8) is 0 Å². The first-order valence-electron chi connectivity index (χ1n) is 6.52. The summed E-state index contributed by atoms with van der Waals surface area (Å²) in [5.41, 5.74) is 1.22. The van der Waals surface area contributed by atoms with E-state index in [4.69, 9.17) is 4.74 Å². The maximum atomic E-state index is 5.04. The molecule has 1 aliphatic rings. The van der Waals surface area contributed by atoms with Gasteiger partial charge in [0.1, 0.15) is 0 Å². The Labute approximate surface area is 104 Å². The molecule has 0 unspecified atom stereocenters. The van der Waals surface area contributed by atoms with Gasteiger partial charge in [-0.3, -0.25) is 0 Å². The van der Waals surface area contributed by atoms with Crippen LogP contribution < -0.4 is 10.1 Å². The Bertz CT molecular complexity index is 331. The van der Waals surface area contributed by atoms with Gasteiger partial charge >= 0.3 is 0 Å². The molecular weight excluding hydrogens is 212 g/mol. The fourth-order valence-electron chi connectivity index (χ4n) is 2.54. The van der Waals surface area contributed by atoms with Gasteiger partial charge in [0.05, 0.1) is 7.11 Å². The van der Waals surface area contributed by atoms with Crippen molar-refractivity contribution in [3.8, 4) is 5.88 Å². The van der Waals surface area contributed by atoms with Crippen molar-refractivity contribution in [1.82, 2.24) is 10.3 Å². The van der Waals surface area contributed by atoms with Crippen molar-refractivity contribution >= 4 is 0 Å². The lowest BCUT2D eigenvalue weighted by molar-refractivity contribution is 0.379. The average Bonchev–Trinajstić information content (AvgIpc) is 2.90. The molecule has 1 N–H and O–H groups in total. The van der Waals surface area contributed by atoms with Gasteiger partial charge in [0, 0.05) is 24.8 Å². The largest absolute Gasteiger partial charge is 0.481 e. The van der Waals surface area contributed by atoms with Crippen molar-refractivity contribution in [2.75, 3.05) is 7.11 Å². The molecule has 94 valence electrons. The number of hydrogen-bond donors (Lipinski definition) is 1. The van der Waals surface area contributed by atoms with E-state index < -0.39 is 0 Å². The minimum absolute atomic E-state index is 0.611. The molecule has 3 heteroatoms. The standard InChI is InChI=1S/C14H22N2O/c1-11(13-5-3-4-6-13)15-9-12-7-8-14(17-2)16-10-12/h7-8,10-11,13,15H,3-6,9H2,1-2H3/t11-/m0/s1. The lowest BCUT2D eigenvalue weighted by atomic mass is 10.00. The molecule has 1 aromatic heterocycles. The maximum absolute atomic E-state index is 5.04. The van der Waals surface area contributed by atoms with Gasteiger partial charge in [0.2, 0.25) is 5.88 Å². The Hall–Kier alpha value is -1.09. The van der Waals surface area contributed by atoms with Crippen molar-refractivity contribution in [2.24, 2.45) is 5.92 Å². The summed E-state index contributed by atoms with van der Waals surface area (Å²) in [6, 6.07) is 4.59. The number of pyridine rings is 1. The van der Waals surface area contributed by atoms with E-state index in [2.05, 4.69) is 23.3 Å². The number of hydrogen-bond acceptors (Lipinski definition) is 3. The molecule has 1 aliphatic carbocycles. The fraction of sp³-hybridized carbons (Fsp3) is 0.643. The first kappa shape index (κ1) is 12.4. The van der Waals surface area contributed by atoms with Gasteiger partial charge in [-0.25, -0.2) is 4.98 Å². The maximum Gasteiger partial charge on any atom is 0.212 e. The zero-order valence-electron chi connectivity index (χ0n) is 10.8. The summed E-state index contributed by atoms with van der Waals surface area (Å²) in [7, 11) is 1.64. The lowest BCUT2D eigenvalue weighted by Gasteiger charge is -2.20. The fourth-order valence-corrected chi connectivity index (χ4v) is 2.54. The normalized spacial score (nSPS) is 18.2. The van der Waals surface area contributed by atoms with E-state index in [1.165, 1.54) is 31.2 Å². The van der Waals surface area contributed by atoms with E-state index >= 15 is 0 Å². The molecule has 0 radical (unpaired) electrons. The number of nitrogens with one attached hydrogen (secondary N) is 1. The van der Waals surface area contributed by atoms with Crippen LogP contribution in [0.1, 0.15) is 38.2 Å². The minimum Gasteiger partial charge on any atom is -0.481 e. The molecule has 0 saturated heterocycles. The lowest BCUT2D eigenvalue weighted by Crippen LogP contribution is -2.31. The SMILES string of the molecule is COc1ccc(CN[C@@H](C)C2CCCC2)cn1. The molecule has 1 aromatic rings. The molecule has 1 saturated carbocycles. The van der Waals surface area contributed by atoms with Crippen LogP contribution in [-0.4, -0.2) is 18.1 Å². The van der Waals surface area contributed by atoms with Gasteiger partial charge < -0.3 is 10.1 Å². The molecule has 0 amide bonds. The summed E-state index contributed by atoms with van der Waals surface area (Å²) >= 11 is 0. The third-order valence-corrected chi connectivity index (χ3v) is 3.74. The van der Waals surface area contributed by atoms with Crippen LogP contribution in [0.5, 0.6) is 5.88 Å². The van der Waals surface area contributed by atoms with E-state index in [9.17, 15) is 0 Å². The van der Waals surface area contributed by atoms with Crippen molar-refractivity contribution in [1.29, 1.82) is 0 Å². The molecule has 17 heavy (non-hydrogen) atoms. The van der Waals surface area contributed by atoms with Crippen LogP contribution in [0.3, 0.4) is 0 Å². The molecule has 2 rings (SSSR count). The molecule has 1 atom stereocenters. The van der Waals surface area contributed by atoms with E-state index in [-0.39, 0.29) is 0 Å². The number of methoxy groups -OCH3 is 1.